The molecule has 0 radical (unpaired) electrons. The molecule has 0 aliphatic heterocycles. The minimum Gasteiger partial charge on any atom is -0.492 e. The summed E-state index contributed by atoms with van der Waals surface area (Å²) in [6, 6.07) is 15.9. The Bertz CT molecular complexity index is 1010. The molecule has 1 heterocycles. The Morgan fingerprint density at radius 1 is 1.11 bits per heavy atom. The zero-order chi connectivity index (χ0) is 19.2. The highest BCUT2D eigenvalue weighted by atomic mass is 35.5. The highest BCUT2D eigenvalue weighted by Crippen LogP contribution is 2.22. The maximum Gasteiger partial charge on any atom is 0.276 e. The molecule has 27 heavy (non-hydrogen) atoms. The number of hydrogen-bond acceptors (Lipinski definition) is 4. The molecule has 0 aliphatic carbocycles. The third-order valence-electron chi connectivity index (χ3n) is 3.61. The van der Waals surface area contributed by atoms with Gasteiger partial charge in [-0.3, -0.25) is 9.59 Å². The van der Waals surface area contributed by atoms with Gasteiger partial charge in [-0.15, -0.1) is 0 Å². The first-order valence-corrected chi connectivity index (χ1v) is 8.44. The van der Waals surface area contributed by atoms with E-state index in [2.05, 4.69) is 10.4 Å². The van der Waals surface area contributed by atoms with E-state index in [1.54, 1.807) is 12.1 Å². The van der Waals surface area contributed by atoms with E-state index < -0.39 is 11.7 Å². The molecule has 1 amide bonds. The summed E-state index contributed by atoms with van der Waals surface area (Å²) in [5.41, 5.74) is -0.481. The van der Waals surface area contributed by atoms with Crippen LogP contribution in [0.4, 0.5) is 10.1 Å². The predicted octanol–water partition coefficient (Wildman–Crippen LogP) is 3.37. The average Bonchev–Trinajstić information content (AvgIpc) is 2.67. The van der Waals surface area contributed by atoms with E-state index in [0.29, 0.717) is 5.75 Å². The first-order valence-electron chi connectivity index (χ1n) is 8.06. The van der Waals surface area contributed by atoms with Crippen LogP contribution < -0.4 is 15.6 Å². The van der Waals surface area contributed by atoms with Crippen LogP contribution in [0.3, 0.4) is 0 Å². The first kappa shape index (κ1) is 18.6. The van der Waals surface area contributed by atoms with Crippen molar-refractivity contribution in [2.45, 2.75) is 6.54 Å². The van der Waals surface area contributed by atoms with Gasteiger partial charge in [0.05, 0.1) is 17.3 Å². The number of aromatic nitrogens is 2. The van der Waals surface area contributed by atoms with Gasteiger partial charge in [0.2, 0.25) is 0 Å². The Kier molecular flexibility index (Phi) is 5.83. The lowest BCUT2D eigenvalue weighted by molar-refractivity contribution is 0.101. The number of nitrogens with one attached hydrogen (secondary N) is 1. The number of ether oxygens (including phenoxy) is 1. The van der Waals surface area contributed by atoms with Crippen molar-refractivity contribution >= 4 is 23.2 Å². The third kappa shape index (κ3) is 4.71. The van der Waals surface area contributed by atoms with Crippen LogP contribution in [0.15, 0.2) is 65.5 Å². The zero-order valence-electron chi connectivity index (χ0n) is 14.1. The van der Waals surface area contributed by atoms with Crippen LogP contribution >= 0.6 is 11.6 Å². The lowest BCUT2D eigenvalue weighted by atomic mass is 10.3. The summed E-state index contributed by atoms with van der Waals surface area (Å²) in [5, 5.41) is 6.29. The van der Waals surface area contributed by atoms with Crippen LogP contribution in [-0.2, 0) is 6.54 Å². The lowest BCUT2D eigenvalue weighted by Gasteiger charge is -2.10. The van der Waals surface area contributed by atoms with Gasteiger partial charge in [0.25, 0.3) is 11.5 Å². The van der Waals surface area contributed by atoms with Crippen LogP contribution in [0.5, 0.6) is 5.75 Å². The second kappa shape index (κ2) is 8.46. The molecule has 3 aromatic rings. The Labute approximate surface area is 159 Å². The van der Waals surface area contributed by atoms with E-state index in [4.69, 9.17) is 16.3 Å². The average molecular weight is 388 g/mol. The molecule has 0 saturated carbocycles. The molecule has 8 heteroatoms. The predicted molar refractivity (Wildman–Crippen MR) is 99.8 cm³/mol. The quantitative estimate of drug-likeness (QED) is 0.703. The molecule has 0 aliphatic rings. The largest absolute Gasteiger partial charge is 0.492 e. The summed E-state index contributed by atoms with van der Waals surface area (Å²) >= 11 is 5.70. The van der Waals surface area contributed by atoms with Gasteiger partial charge in [0.1, 0.15) is 18.1 Å². The summed E-state index contributed by atoms with van der Waals surface area (Å²) in [4.78, 5) is 24.2. The molecule has 0 spiro atoms. The molecule has 1 aromatic heterocycles. The van der Waals surface area contributed by atoms with E-state index in [-0.39, 0.29) is 35.1 Å². The SMILES string of the molecule is O=C(Nc1cccc(Cl)c1F)c1ccc(=O)n(CCOc2ccccc2)n1. The Morgan fingerprint density at radius 3 is 2.67 bits per heavy atom. The number of hydrogen-bond donors (Lipinski definition) is 1. The smallest absolute Gasteiger partial charge is 0.276 e. The highest BCUT2D eigenvalue weighted by molar-refractivity contribution is 6.31. The summed E-state index contributed by atoms with van der Waals surface area (Å²) in [5.74, 6) is -0.734. The maximum atomic E-state index is 13.9. The van der Waals surface area contributed by atoms with Crippen molar-refractivity contribution in [1.82, 2.24) is 9.78 Å². The summed E-state index contributed by atoms with van der Waals surface area (Å²) < 4.78 is 20.6. The molecular formula is C19H15ClFN3O3. The number of carbonyl (C=O) groups is 1. The number of carbonyl (C=O) groups excluding carboxylic acids is 1. The molecule has 2 aromatic carbocycles. The fourth-order valence-corrected chi connectivity index (χ4v) is 2.46. The highest BCUT2D eigenvalue weighted by Gasteiger charge is 2.14. The molecule has 0 bridgehead atoms. The van der Waals surface area contributed by atoms with Gasteiger partial charge in [-0.1, -0.05) is 35.9 Å². The Balaban J connectivity index is 1.69. The fourth-order valence-electron chi connectivity index (χ4n) is 2.28. The van der Waals surface area contributed by atoms with Gasteiger partial charge in [0.15, 0.2) is 5.82 Å². The number of halogens is 2. The Hall–Kier alpha value is -3.19. The van der Waals surface area contributed by atoms with Crippen LogP contribution in [0, 0.1) is 5.82 Å². The monoisotopic (exact) mass is 387 g/mol. The van der Waals surface area contributed by atoms with Gasteiger partial charge in [-0.2, -0.15) is 5.10 Å². The van der Waals surface area contributed by atoms with E-state index in [0.717, 1.165) is 4.68 Å². The van der Waals surface area contributed by atoms with Crippen molar-refractivity contribution in [3.8, 4) is 5.75 Å². The number of benzene rings is 2. The summed E-state index contributed by atoms with van der Waals surface area (Å²) in [6.07, 6.45) is 0. The zero-order valence-corrected chi connectivity index (χ0v) is 14.8. The van der Waals surface area contributed by atoms with Crippen molar-refractivity contribution < 1.29 is 13.9 Å². The molecule has 1 N–H and O–H groups in total. The molecule has 0 fully saturated rings. The van der Waals surface area contributed by atoms with Gasteiger partial charge >= 0.3 is 0 Å². The number of nitrogens with zero attached hydrogens (tertiary/aromatic N) is 2. The fraction of sp³-hybridized carbons (Fsp3) is 0.105. The molecular weight excluding hydrogens is 373 g/mol. The second-order valence-corrected chi connectivity index (χ2v) is 5.90. The van der Waals surface area contributed by atoms with E-state index in [9.17, 15) is 14.0 Å². The van der Waals surface area contributed by atoms with Gasteiger partial charge in [-0.25, -0.2) is 9.07 Å². The second-order valence-electron chi connectivity index (χ2n) is 5.50. The third-order valence-corrected chi connectivity index (χ3v) is 3.91. The van der Waals surface area contributed by atoms with Crippen molar-refractivity contribution in [3.63, 3.8) is 0 Å². The van der Waals surface area contributed by atoms with Crippen LogP contribution in [0.25, 0.3) is 0 Å². The number of amides is 1. The van der Waals surface area contributed by atoms with Crippen molar-refractivity contribution in [2.75, 3.05) is 11.9 Å². The molecule has 0 saturated heterocycles. The van der Waals surface area contributed by atoms with Crippen molar-refractivity contribution in [2.24, 2.45) is 0 Å². The number of para-hydroxylation sites is 1. The van der Waals surface area contributed by atoms with E-state index in [1.807, 2.05) is 18.2 Å². The lowest BCUT2D eigenvalue weighted by Crippen LogP contribution is -2.28. The summed E-state index contributed by atoms with van der Waals surface area (Å²) in [7, 11) is 0. The molecule has 0 unspecified atom stereocenters. The topological polar surface area (TPSA) is 73.2 Å². The van der Waals surface area contributed by atoms with Crippen LogP contribution in [0.1, 0.15) is 10.5 Å². The standard InChI is InChI=1S/C19H15ClFN3O3/c20-14-7-4-8-15(18(14)21)22-19(26)16-9-10-17(25)24(23-16)11-12-27-13-5-2-1-3-6-13/h1-10H,11-12H2,(H,22,26). The van der Waals surface area contributed by atoms with Crippen molar-refractivity contribution in [1.29, 1.82) is 0 Å². The van der Waals surface area contributed by atoms with Gasteiger partial charge in [-0.05, 0) is 30.3 Å². The molecule has 6 nitrogen and oxygen atoms in total. The number of anilines is 1. The van der Waals surface area contributed by atoms with Crippen LogP contribution in [-0.4, -0.2) is 22.3 Å². The van der Waals surface area contributed by atoms with Crippen LogP contribution in [0.2, 0.25) is 5.02 Å². The number of rotatable bonds is 6. The maximum absolute atomic E-state index is 13.9. The van der Waals surface area contributed by atoms with Crippen molar-refractivity contribution in [3.05, 3.63) is 87.6 Å². The minimum absolute atomic E-state index is 0.0336. The Morgan fingerprint density at radius 2 is 1.89 bits per heavy atom. The molecule has 138 valence electrons. The molecule has 3 rings (SSSR count). The minimum atomic E-state index is -0.739. The van der Waals surface area contributed by atoms with Gasteiger partial charge < -0.3 is 10.1 Å². The van der Waals surface area contributed by atoms with E-state index >= 15 is 0 Å². The first-order chi connectivity index (χ1) is 13.0. The normalized spacial score (nSPS) is 10.4. The summed E-state index contributed by atoms with van der Waals surface area (Å²) in [6.45, 7) is 0.352. The van der Waals surface area contributed by atoms with Gasteiger partial charge in [0, 0.05) is 6.07 Å². The van der Waals surface area contributed by atoms with E-state index in [1.165, 1.54) is 30.3 Å². The molecule has 0 atom stereocenters.